The largest absolute Gasteiger partial charge is 0.345 e. The second kappa shape index (κ2) is 5.59. The first-order valence-corrected chi connectivity index (χ1v) is 11.4. The maximum absolute atomic E-state index is 13.8. The first-order chi connectivity index (χ1) is 15.1. The third-order valence-corrected chi connectivity index (χ3v) is 9.24. The van der Waals surface area contributed by atoms with E-state index in [2.05, 4.69) is 16.7 Å². The number of hydrogen-bond donors (Lipinski definition) is 0. The van der Waals surface area contributed by atoms with Crippen LogP contribution in [0.3, 0.4) is 0 Å². The van der Waals surface area contributed by atoms with Crippen LogP contribution in [-0.4, -0.2) is 39.0 Å². The molecule has 1 aromatic heterocycles. The van der Waals surface area contributed by atoms with Gasteiger partial charge in [-0.3, -0.25) is 14.4 Å². The Bertz CT molecular complexity index is 1330. The highest BCUT2D eigenvalue weighted by molar-refractivity contribution is 8.02. The Morgan fingerprint density at radius 2 is 1.68 bits per heavy atom. The van der Waals surface area contributed by atoms with Crippen LogP contribution in [0.25, 0.3) is 10.9 Å². The predicted octanol–water partition coefficient (Wildman–Crippen LogP) is 2.65. The van der Waals surface area contributed by atoms with Crippen LogP contribution >= 0.6 is 11.8 Å². The van der Waals surface area contributed by atoms with Crippen molar-refractivity contribution in [2.24, 2.45) is 18.9 Å². The van der Waals surface area contributed by atoms with E-state index >= 15 is 0 Å². The number of thioether (sulfide) groups is 1. The van der Waals surface area contributed by atoms with Crippen LogP contribution in [0.15, 0.2) is 54.6 Å². The quantitative estimate of drug-likeness (QED) is 0.558. The zero-order chi connectivity index (χ0) is 21.1. The van der Waals surface area contributed by atoms with Crippen molar-refractivity contribution >= 4 is 46.1 Å². The summed E-state index contributed by atoms with van der Waals surface area (Å²) in [6, 6.07) is 17.3. The summed E-state index contributed by atoms with van der Waals surface area (Å²) in [5.41, 5.74) is 3.90. The molecule has 4 aliphatic rings. The van der Waals surface area contributed by atoms with Gasteiger partial charge in [0.2, 0.25) is 17.7 Å². The van der Waals surface area contributed by atoms with E-state index in [0.717, 1.165) is 17.6 Å². The fourth-order valence-corrected chi connectivity index (χ4v) is 8.45. The van der Waals surface area contributed by atoms with Gasteiger partial charge in [0.25, 0.3) is 0 Å². The molecule has 0 saturated carbocycles. The van der Waals surface area contributed by atoms with Crippen molar-refractivity contribution in [1.82, 2.24) is 9.47 Å². The molecule has 7 rings (SSSR count). The number of nitrogens with zero attached hydrogens (tertiary/aromatic N) is 3. The van der Waals surface area contributed by atoms with Crippen molar-refractivity contribution in [3.63, 3.8) is 0 Å². The summed E-state index contributed by atoms with van der Waals surface area (Å²) in [6.45, 7) is 0.583. The molecular formula is C24H19N3O3S. The molecule has 4 aliphatic heterocycles. The number of aromatic nitrogens is 1. The lowest BCUT2D eigenvalue weighted by Gasteiger charge is -2.45. The fraction of sp³-hybridized carbons (Fsp3) is 0.292. The normalized spacial score (nSPS) is 30.9. The van der Waals surface area contributed by atoms with E-state index in [1.165, 1.54) is 27.6 Å². The molecule has 1 spiro atoms. The lowest BCUT2D eigenvalue weighted by molar-refractivity contribution is -0.145. The van der Waals surface area contributed by atoms with Gasteiger partial charge in [-0.25, -0.2) is 4.90 Å². The number of anilines is 1. The summed E-state index contributed by atoms with van der Waals surface area (Å²) in [6.07, 6.45) is 0.763. The van der Waals surface area contributed by atoms with Crippen molar-refractivity contribution in [2.75, 3.05) is 11.4 Å². The molecule has 7 heteroatoms. The summed E-state index contributed by atoms with van der Waals surface area (Å²) in [7, 11) is 2.02. The van der Waals surface area contributed by atoms with Crippen molar-refractivity contribution in [3.8, 4) is 0 Å². The molecule has 0 radical (unpaired) electrons. The third-order valence-electron chi connectivity index (χ3n) is 7.47. The number of hydrogen-bond acceptors (Lipinski definition) is 4. The van der Waals surface area contributed by atoms with E-state index in [-0.39, 0.29) is 17.7 Å². The number of benzene rings is 2. The van der Waals surface area contributed by atoms with Crippen molar-refractivity contribution in [2.45, 2.75) is 16.5 Å². The van der Waals surface area contributed by atoms with Crippen molar-refractivity contribution in [3.05, 3.63) is 65.9 Å². The molecule has 3 saturated heterocycles. The molecule has 3 amide bonds. The Balaban J connectivity index is 1.49. The molecule has 4 atom stereocenters. The van der Waals surface area contributed by atoms with Crippen LogP contribution in [0.4, 0.5) is 5.69 Å². The van der Waals surface area contributed by atoms with E-state index in [0.29, 0.717) is 12.2 Å². The number of para-hydroxylation sites is 2. The summed E-state index contributed by atoms with van der Waals surface area (Å²) in [5.74, 6) is -1.60. The Morgan fingerprint density at radius 1 is 0.935 bits per heavy atom. The van der Waals surface area contributed by atoms with Gasteiger partial charge >= 0.3 is 0 Å². The summed E-state index contributed by atoms with van der Waals surface area (Å²) in [4.78, 5) is 43.1. The number of carbonyl (C=O) groups is 3. The lowest BCUT2D eigenvalue weighted by atomic mass is 9.76. The monoisotopic (exact) mass is 429 g/mol. The van der Waals surface area contributed by atoms with Gasteiger partial charge in [0.1, 0.15) is 4.87 Å². The molecule has 31 heavy (non-hydrogen) atoms. The zero-order valence-electron chi connectivity index (χ0n) is 16.8. The van der Waals surface area contributed by atoms with Crippen LogP contribution in [0.1, 0.15) is 11.3 Å². The topological polar surface area (TPSA) is 62.6 Å². The first-order valence-electron chi connectivity index (χ1n) is 10.5. The standard InChI is InChI=1S/C24H19N3O3S/c1-25-16-10-6-5-9-14(16)15-11-12-26-23(30)19-17-18(24(26,31-19)20(15)25)22(29)27(21(17)28)13-7-3-2-4-8-13/h2-10,17-19H,11-12H2,1H3. The van der Waals surface area contributed by atoms with E-state index in [1.54, 1.807) is 12.1 Å². The van der Waals surface area contributed by atoms with Gasteiger partial charge in [-0.2, -0.15) is 0 Å². The molecule has 0 aliphatic carbocycles. The van der Waals surface area contributed by atoms with Crippen LogP contribution in [0.2, 0.25) is 0 Å². The predicted molar refractivity (Wildman–Crippen MR) is 117 cm³/mol. The number of aryl methyl sites for hydroxylation is 1. The van der Waals surface area contributed by atoms with Crippen LogP contribution in [-0.2, 0) is 32.7 Å². The molecule has 0 N–H and O–H groups in total. The number of amides is 3. The number of rotatable bonds is 1. The highest BCUT2D eigenvalue weighted by Crippen LogP contribution is 2.68. The van der Waals surface area contributed by atoms with Crippen molar-refractivity contribution in [1.29, 1.82) is 0 Å². The number of fused-ring (bicyclic) bond motifs is 6. The minimum Gasteiger partial charge on any atom is -0.345 e. The first kappa shape index (κ1) is 17.6. The van der Waals surface area contributed by atoms with Crippen LogP contribution in [0.5, 0.6) is 0 Å². The highest BCUT2D eigenvalue weighted by Gasteiger charge is 2.77. The van der Waals surface area contributed by atoms with E-state index in [9.17, 15) is 14.4 Å². The summed E-state index contributed by atoms with van der Waals surface area (Å²) in [5, 5.41) is 0.671. The van der Waals surface area contributed by atoms with E-state index in [4.69, 9.17) is 0 Å². The molecule has 154 valence electrons. The Kier molecular flexibility index (Phi) is 3.17. The maximum Gasteiger partial charge on any atom is 0.241 e. The van der Waals surface area contributed by atoms with E-state index < -0.39 is 22.0 Å². The number of piperidine rings is 1. The smallest absolute Gasteiger partial charge is 0.241 e. The zero-order valence-corrected chi connectivity index (χ0v) is 17.6. The fourth-order valence-electron chi connectivity index (χ4n) is 6.34. The maximum atomic E-state index is 13.8. The second-order valence-corrected chi connectivity index (χ2v) is 10.1. The average molecular weight is 430 g/mol. The molecule has 3 fully saturated rings. The SMILES string of the molecule is Cn1c2c(c3ccccc31)CCN1C(=O)C3SC21C1C(=O)N(c2ccccc2)C(=O)C31. The lowest BCUT2D eigenvalue weighted by Crippen LogP contribution is -2.58. The second-order valence-electron chi connectivity index (χ2n) is 8.73. The molecular weight excluding hydrogens is 410 g/mol. The minimum atomic E-state index is -0.815. The van der Waals surface area contributed by atoms with Gasteiger partial charge in [-0.1, -0.05) is 36.4 Å². The Labute approximate surface area is 182 Å². The average Bonchev–Trinajstić information content (AvgIpc) is 3.46. The molecule has 3 aromatic rings. The van der Waals surface area contributed by atoms with Gasteiger partial charge in [-0.05, 0) is 30.2 Å². The van der Waals surface area contributed by atoms with Crippen LogP contribution < -0.4 is 4.90 Å². The highest BCUT2D eigenvalue weighted by atomic mass is 32.2. The summed E-state index contributed by atoms with van der Waals surface area (Å²) < 4.78 is 2.14. The van der Waals surface area contributed by atoms with Gasteiger partial charge in [0, 0.05) is 24.5 Å². The molecule has 5 heterocycles. The molecule has 4 unspecified atom stereocenters. The van der Waals surface area contributed by atoms with E-state index in [1.807, 2.05) is 42.3 Å². The van der Waals surface area contributed by atoms with Crippen molar-refractivity contribution < 1.29 is 14.4 Å². The van der Waals surface area contributed by atoms with Gasteiger partial charge in [0.15, 0.2) is 0 Å². The minimum absolute atomic E-state index is 0.00165. The molecule has 2 bridgehead atoms. The van der Waals surface area contributed by atoms with Crippen LogP contribution in [0, 0.1) is 11.8 Å². The van der Waals surface area contributed by atoms with Gasteiger partial charge in [0.05, 0.1) is 28.5 Å². The van der Waals surface area contributed by atoms with Gasteiger partial charge in [-0.15, -0.1) is 11.8 Å². The molecule has 6 nitrogen and oxygen atoms in total. The Morgan fingerprint density at radius 3 is 2.48 bits per heavy atom. The Hall–Kier alpha value is -3.06. The molecule has 2 aromatic carbocycles. The van der Waals surface area contributed by atoms with Gasteiger partial charge < -0.3 is 9.47 Å². The number of carbonyl (C=O) groups excluding carboxylic acids is 3. The summed E-state index contributed by atoms with van der Waals surface area (Å²) >= 11 is 1.53. The number of imide groups is 1. The third kappa shape index (κ3) is 1.82.